The van der Waals surface area contributed by atoms with Gasteiger partial charge in [-0.2, -0.15) is 5.10 Å². The fraction of sp³-hybridized carbons (Fsp3) is 0.111. The van der Waals surface area contributed by atoms with Crippen molar-refractivity contribution in [2.45, 2.75) is 13.1 Å². The van der Waals surface area contributed by atoms with Gasteiger partial charge in [0.2, 0.25) is 0 Å². The van der Waals surface area contributed by atoms with Crippen LogP contribution in [0.25, 0.3) is 5.69 Å². The molecule has 0 radical (unpaired) electrons. The van der Waals surface area contributed by atoms with Crippen molar-refractivity contribution in [1.29, 1.82) is 0 Å². The number of hydrogen-bond donors (Lipinski definition) is 0. The molecular formula is C18H13FIN3O. The molecule has 1 amide bonds. The highest BCUT2D eigenvalue weighted by Gasteiger charge is 2.30. The molecular weight excluding hydrogens is 420 g/mol. The number of hydrogen-bond acceptors (Lipinski definition) is 2. The Labute approximate surface area is 152 Å². The quantitative estimate of drug-likeness (QED) is 0.590. The predicted molar refractivity (Wildman–Crippen MR) is 96.3 cm³/mol. The maximum Gasteiger partial charge on any atom is 0.255 e. The van der Waals surface area contributed by atoms with Crippen molar-refractivity contribution in [3.05, 3.63) is 80.9 Å². The molecule has 1 aliphatic heterocycles. The molecule has 0 atom stereocenters. The topological polar surface area (TPSA) is 38.1 Å². The third-order valence-electron chi connectivity index (χ3n) is 4.08. The Morgan fingerprint density at radius 3 is 2.71 bits per heavy atom. The molecule has 0 bridgehead atoms. The summed E-state index contributed by atoms with van der Waals surface area (Å²) in [5, 5.41) is 4.19. The highest BCUT2D eigenvalue weighted by molar-refractivity contribution is 14.1. The summed E-state index contributed by atoms with van der Waals surface area (Å²) in [6, 6.07) is 12.6. The number of halogens is 2. The lowest BCUT2D eigenvalue weighted by molar-refractivity contribution is 0.0766. The van der Waals surface area contributed by atoms with Gasteiger partial charge in [0.1, 0.15) is 5.82 Å². The van der Waals surface area contributed by atoms with Gasteiger partial charge in [-0.05, 0) is 64.0 Å². The van der Waals surface area contributed by atoms with Crippen molar-refractivity contribution >= 4 is 28.5 Å². The second-order valence-electron chi connectivity index (χ2n) is 5.70. The van der Waals surface area contributed by atoms with Crippen LogP contribution in [0.2, 0.25) is 0 Å². The molecule has 1 aromatic heterocycles. The fourth-order valence-corrected chi connectivity index (χ4v) is 3.82. The lowest BCUT2D eigenvalue weighted by Gasteiger charge is -2.16. The Kier molecular flexibility index (Phi) is 3.84. The van der Waals surface area contributed by atoms with E-state index in [0.717, 1.165) is 16.8 Å². The molecule has 1 aliphatic rings. The zero-order valence-electron chi connectivity index (χ0n) is 12.6. The summed E-state index contributed by atoms with van der Waals surface area (Å²) in [6.45, 7) is 0.952. The van der Waals surface area contributed by atoms with E-state index in [-0.39, 0.29) is 11.7 Å². The highest BCUT2D eigenvalue weighted by atomic mass is 127. The van der Waals surface area contributed by atoms with Gasteiger partial charge in [0.15, 0.2) is 0 Å². The van der Waals surface area contributed by atoms with Crippen molar-refractivity contribution in [1.82, 2.24) is 14.7 Å². The first-order valence-corrected chi connectivity index (χ1v) is 8.56. The molecule has 6 heteroatoms. The van der Waals surface area contributed by atoms with Crippen LogP contribution in [0.5, 0.6) is 0 Å². The van der Waals surface area contributed by atoms with Crippen LogP contribution in [0.3, 0.4) is 0 Å². The Bertz CT molecular complexity index is 907. The minimum absolute atomic E-state index is 0.0365. The summed E-state index contributed by atoms with van der Waals surface area (Å²) in [5.41, 5.74) is 3.39. The molecule has 0 spiro atoms. The predicted octanol–water partition coefficient (Wildman–Crippen LogP) is 3.77. The molecule has 0 N–H and O–H groups in total. The number of rotatable bonds is 3. The third kappa shape index (κ3) is 2.71. The van der Waals surface area contributed by atoms with E-state index in [0.29, 0.717) is 22.2 Å². The van der Waals surface area contributed by atoms with Gasteiger partial charge in [0, 0.05) is 29.1 Å². The lowest BCUT2D eigenvalue weighted by atomic mass is 10.1. The van der Waals surface area contributed by atoms with E-state index in [9.17, 15) is 9.18 Å². The third-order valence-corrected chi connectivity index (χ3v) is 4.93. The Morgan fingerprint density at radius 2 is 2.00 bits per heavy atom. The van der Waals surface area contributed by atoms with Gasteiger partial charge in [-0.15, -0.1) is 0 Å². The van der Waals surface area contributed by atoms with Gasteiger partial charge >= 0.3 is 0 Å². The highest BCUT2D eigenvalue weighted by Crippen LogP contribution is 2.29. The van der Waals surface area contributed by atoms with Crippen LogP contribution in [0.4, 0.5) is 4.39 Å². The Balaban J connectivity index is 1.54. The van der Waals surface area contributed by atoms with Crippen molar-refractivity contribution in [2.75, 3.05) is 0 Å². The molecule has 24 heavy (non-hydrogen) atoms. The first-order valence-electron chi connectivity index (χ1n) is 7.48. The van der Waals surface area contributed by atoms with Gasteiger partial charge < -0.3 is 4.90 Å². The zero-order valence-corrected chi connectivity index (χ0v) is 14.8. The molecule has 120 valence electrons. The van der Waals surface area contributed by atoms with Crippen molar-refractivity contribution < 1.29 is 9.18 Å². The minimum atomic E-state index is -0.295. The van der Waals surface area contributed by atoms with Gasteiger partial charge in [-0.25, -0.2) is 9.07 Å². The molecule has 0 aliphatic carbocycles. The lowest BCUT2D eigenvalue weighted by Crippen LogP contribution is -2.23. The van der Waals surface area contributed by atoms with E-state index in [2.05, 4.69) is 5.10 Å². The number of aromatic nitrogens is 2. The second-order valence-corrected chi connectivity index (χ2v) is 6.86. The van der Waals surface area contributed by atoms with E-state index in [1.165, 1.54) is 12.1 Å². The molecule has 0 saturated heterocycles. The second kappa shape index (κ2) is 6.01. The first kappa shape index (κ1) is 15.3. The Morgan fingerprint density at radius 1 is 1.21 bits per heavy atom. The van der Waals surface area contributed by atoms with E-state index >= 15 is 0 Å². The average Bonchev–Trinajstić information content (AvgIpc) is 3.17. The summed E-state index contributed by atoms with van der Waals surface area (Å²) in [6.07, 6.45) is 3.61. The van der Waals surface area contributed by atoms with E-state index in [1.54, 1.807) is 15.8 Å². The summed E-state index contributed by atoms with van der Waals surface area (Å²) in [7, 11) is 0. The first-order chi connectivity index (χ1) is 11.6. The van der Waals surface area contributed by atoms with Gasteiger partial charge in [-0.1, -0.05) is 12.1 Å². The molecule has 2 heterocycles. The molecule has 4 rings (SSSR count). The SMILES string of the molecule is O=C1c2c(I)cc(F)cc2CN1Cc1ccc(-n2cccn2)cc1. The van der Waals surface area contributed by atoms with Gasteiger partial charge in [-0.3, -0.25) is 4.79 Å². The van der Waals surface area contributed by atoms with Gasteiger partial charge in [0.25, 0.3) is 5.91 Å². The Hall–Kier alpha value is -2.22. The molecule has 0 unspecified atom stereocenters. The maximum atomic E-state index is 13.5. The smallest absolute Gasteiger partial charge is 0.255 e. The van der Waals surface area contributed by atoms with E-state index in [4.69, 9.17) is 0 Å². The number of fused-ring (bicyclic) bond motifs is 1. The minimum Gasteiger partial charge on any atom is -0.330 e. The summed E-state index contributed by atoms with van der Waals surface area (Å²) < 4.78 is 16.0. The largest absolute Gasteiger partial charge is 0.330 e. The van der Waals surface area contributed by atoms with Crippen LogP contribution in [-0.4, -0.2) is 20.6 Å². The number of carbonyl (C=O) groups is 1. The molecule has 4 nitrogen and oxygen atoms in total. The fourth-order valence-electron chi connectivity index (χ4n) is 2.95. The van der Waals surface area contributed by atoms with Crippen molar-refractivity contribution in [3.8, 4) is 5.69 Å². The summed E-state index contributed by atoms with van der Waals surface area (Å²) in [4.78, 5) is 14.3. The van der Waals surface area contributed by atoms with Crippen LogP contribution >= 0.6 is 22.6 Å². The zero-order chi connectivity index (χ0) is 16.7. The average molecular weight is 433 g/mol. The maximum absolute atomic E-state index is 13.5. The molecule has 0 fully saturated rings. The van der Waals surface area contributed by atoms with Gasteiger partial charge in [0.05, 0.1) is 11.3 Å². The molecule has 2 aromatic carbocycles. The molecule has 3 aromatic rings. The van der Waals surface area contributed by atoms with E-state index in [1.807, 2.05) is 59.1 Å². The number of nitrogens with zero attached hydrogens (tertiary/aromatic N) is 3. The molecule has 0 saturated carbocycles. The standard InChI is InChI=1S/C18H13FIN3O/c19-14-8-13-11-22(18(24)17(13)16(20)9-14)10-12-2-4-15(5-3-12)23-7-1-6-21-23/h1-9H,10-11H2. The van der Waals surface area contributed by atoms with Crippen molar-refractivity contribution in [2.24, 2.45) is 0 Å². The number of benzene rings is 2. The van der Waals surface area contributed by atoms with Crippen molar-refractivity contribution in [3.63, 3.8) is 0 Å². The monoisotopic (exact) mass is 433 g/mol. The van der Waals surface area contributed by atoms with Crippen LogP contribution < -0.4 is 0 Å². The van der Waals surface area contributed by atoms with Crippen LogP contribution in [-0.2, 0) is 13.1 Å². The van der Waals surface area contributed by atoms with Crippen LogP contribution in [0, 0.1) is 9.39 Å². The number of amides is 1. The van der Waals surface area contributed by atoms with E-state index < -0.39 is 0 Å². The summed E-state index contributed by atoms with van der Waals surface area (Å²) >= 11 is 2.02. The van der Waals surface area contributed by atoms with Crippen LogP contribution in [0.15, 0.2) is 54.9 Å². The number of carbonyl (C=O) groups excluding carboxylic acids is 1. The van der Waals surface area contributed by atoms with Crippen LogP contribution in [0.1, 0.15) is 21.5 Å². The normalized spacial score (nSPS) is 13.4. The summed E-state index contributed by atoms with van der Waals surface area (Å²) in [5.74, 6) is -0.332.